The predicted molar refractivity (Wildman–Crippen MR) is 84.1 cm³/mol. The van der Waals surface area contributed by atoms with Gasteiger partial charge in [0.25, 0.3) is 0 Å². The first-order chi connectivity index (χ1) is 10.4. The molecule has 2 aromatic rings. The molecule has 108 valence electrons. The van der Waals surface area contributed by atoms with Crippen molar-refractivity contribution in [2.45, 2.75) is 19.3 Å². The number of rotatable bonds is 3. The topological polar surface area (TPSA) is 29.0 Å². The predicted octanol–water partition coefficient (Wildman–Crippen LogP) is 3.18. The van der Waals surface area contributed by atoms with Crippen molar-refractivity contribution >= 4 is 5.82 Å². The van der Waals surface area contributed by atoms with Crippen LogP contribution >= 0.6 is 0 Å². The second-order valence-corrected chi connectivity index (χ2v) is 6.42. The van der Waals surface area contributed by atoms with Gasteiger partial charge >= 0.3 is 0 Å². The summed E-state index contributed by atoms with van der Waals surface area (Å²) in [6.45, 7) is 2.33. The average Bonchev–Trinajstić information content (AvgIpc) is 2.78. The van der Waals surface area contributed by atoms with Gasteiger partial charge in [-0.2, -0.15) is 0 Å². The smallest absolute Gasteiger partial charge is 0.128 e. The molecule has 0 spiro atoms. The third-order valence-electron chi connectivity index (χ3n) is 5.20. The summed E-state index contributed by atoms with van der Waals surface area (Å²) >= 11 is 0. The SMILES string of the molecule is c1ccc(N2C[C@H]3CC[C@@H](C2)[C@@H]3Cc2cccnc2)nc1. The van der Waals surface area contributed by atoms with Gasteiger partial charge in [0, 0.05) is 31.7 Å². The van der Waals surface area contributed by atoms with Crippen LogP contribution in [0.2, 0.25) is 0 Å². The number of piperidine rings is 1. The van der Waals surface area contributed by atoms with E-state index in [-0.39, 0.29) is 0 Å². The summed E-state index contributed by atoms with van der Waals surface area (Å²) < 4.78 is 0. The molecule has 0 unspecified atom stereocenters. The van der Waals surface area contributed by atoms with E-state index in [1.165, 1.54) is 37.9 Å². The van der Waals surface area contributed by atoms with E-state index in [0.29, 0.717) is 0 Å². The average molecular weight is 279 g/mol. The minimum absolute atomic E-state index is 0.811. The van der Waals surface area contributed by atoms with Crippen LogP contribution in [0.3, 0.4) is 0 Å². The molecule has 1 aliphatic carbocycles. The molecule has 1 aliphatic heterocycles. The summed E-state index contributed by atoms with van der Waals surface area (Å²) in [7, 11) is 0. The van der Waals surface area contributed by atoms with Gasteiger partial charge in [0.1, 0.15) is 5.82 Å². The van der Waals surface area contributed by atoms with E-state index in [2.05, 4.69) is 39.1 Å². The second-order valence-electron chi connectivity index (χ2n) is 6.42. The first-order valence-electron chi connectivity index (χ1n) is 7.95. The van der Waals surface area contributed by atoms with Crippen molar-refractivity contribution in [3.05, 3.63) is 54.5 Å². The molecule has 3 nitrogen and oxygen atoms in total. The van der Waals surface area contributed by atoms with Crippen LogP contribution in [0.5, 0.6) is 0 Å². The summed E-state index contributed by atoms with van der Waals surface area (Å²) in [5.41, 5.74) is 1.39. The fourth-order valence-electron chi connectivity index (χ4n) is 4.19. The fraction of sp³-hybridized carbons (Fsp3) is 0.444. The molecule has 3 atom stereocenters. The summed E-state index contributed by atoms with van der Waals surface area (Å²) in [5, 5.41) is 0. The highest BCUT2D eigenvalue weighted by Gasteiger charge is 2.41. The van der Waals surface area contributed by atoms with Gasteiger partial charge in [-0.15, -0.1) is 0 Å². The molecule has 2 aliphatic rings. The number of anilines is 1. The molecule has 3 heteroatoms. The van der Waals surface area contributed by atoms with Gasteiger partial charge in [0.05, 0.1) is 0 Å². The Balaban J connectivity index is 1.49. The zero-order valence-electron chi connectivity index (χ0n) is 12.2. The zero-order chi connectivity index (χ0) is 14.1. The molecule has 0 aromatic carbocycles. The molecule has 0 radical (unpaired) electrons. The highest BCUT2D eigenvalue weighted by atomic mass is 15.2. The quantitative estimate of drug-likeness (QED) is 0.864. The van der Waals surface area contributed by atoms with Gasteiger partial charge < -0.3 is 4.90 Å². The molecule has 2 fully saturated rings. The Morgan fingerprint density at radius 1 is 1.00 bits per heavy atom. The molecule has 2 aromatic heterocycles. The number of pyridine rings is 2. The molecular formula is C18H21N3. The van der Waals surface area contributed by atoms with Crippen molar-refractivity contribution in [1.29, 1.82) is 0 Å². The Bertz CT molecular complexity index is 570. The molecule has 4 rings (SSSR count). The lowest BCUT2D eigenvalue weighted by Crippen LogP contribution is -2.43. The van der Waals surface area contributed by atoms with E-state index < -0.39 is 0 Å². The third-order valence-corrected chi connectivity index (χ3v) is 5.20. The molecule has 1 saturated heterocycles. The molecule has 0 amide bonds. The summed E-state index contributed by atoms with van der Waals surface area (Å²) in [6, 6.07) is 10.5. The number of fused-ring (bicyclic) bond motifs is 2. The van der Waals surface area contributed by atoms with Gasteiger partial charge in [0.15, 0.2) is 0 Å². The maximum absolute atomic E-state index is 4.52. The highest BCUT2D eigenvalue weighted by molar-refractivity contribution is 5.39. The lowest BCUT2D eigenvalue weighted by Gasteiger charge is -2.38. The second kappa shape index (κ2) is 5.47. The Morgan fingerprint density at radius 2 is 1.86 bits per heavy atom. The summed E-state index contributed by atoms with van der Waals surface area (Å²) in [6.07, 6.45) is 9.74. The van der Waals surface area contributed by atoms with Crippen LogP contribution in [0, 0.1) is 17.8 Å². The maximum atomic E-state index is 4.52. The monoisotopic (exact) mass is 279 g/mol. The molecule has 2 bridgehead atoms. The standard InChI is InChI=1S/C18H21N3/c1-2-9-20-18(5-1)21-12-15-6-7-16(13-21)17(15)10-14-4-3-8-19-11-14/h1-5,8-9,11,15-17H,6-7,10,12-13H2/t15-,16+,17-. The maximum Gasteiger partial charge on any atom is 0.128 e. The Hall–Kier alpha value is -1.90. The van der Waals surface area contributed by atoms with Gasteiger partial charge in [-0.3, -0.25) is 4.98 Å². The zero-order valence-corrected chi connectivity index (χ0v) is 12.2. The Morgan fingerprint density at radius 3 is 2.52 bits per heavy atom. The Labute approximate surface area is 126 Å². The molecule has 21 heavy (non-hydrogen) atoms. The van der Waals surface area contributed by atoms with Crippen LogP contribution in [-0.4, -0.2) is 23.1 Å². The lowest BCUT2D eigenvalue weighted by atomic mass is 9.81. The van der Waals surface area contributed by atoms with Crippen LogP contribution < -0.4 is 4.90 Å². The van der Waals surface area contributed by atoms with E-state index >= 15 is 0 Å². The van der Waals surface area contributed by atoms with Gasteiger partial charge in [-0.1, -0.05) is 12.1 Å². The van der Waals surface area contributed by atoms with Crippen molar-refractivity contribution in [1.82, 2.24) is 9.97 Å². The van der Waals surface area contributed by atoms with Crippen LogP contribution in [-0.2, 0) is 6.42 Å². The number of aromatic nitrogens is 2. The van der Waals surface area contributed by atoms with Crippen LogP contribution in [0.1, 0.15) is 18.4 Å². The van der Waals surface area contributed by atoms with Gasteiger partial charge in [0.2, 0.25) is 0 Å². The van der Waals surface area contributed by atoms with Gasteiger partial charge in [-0.25, -0.2) is 4.98 Å². The van der Waals surface area contributed by atoms with Crippen molar-refractivity contribution in [2.75, 3.05) is 18.0 Å². The molecular weight excluding hydrogens is 258 g/mol. The summed E-state index contributed by atoms with van der Waals surface area (Å²) in [4.78, 5) is 11.3. The van der Waals surface area contributed by atoms with E-state index in [4.69, 9.17) is 0 Å². The van der Waals surface area contributed by atoms with Crippen molar-refractivity contribution < 1.29 is 0 Å². The largest absolute Gasteiger partial charge is 0.356 e. The fourth-order valence-corrected chi connectivity index (χ4v) is 4.19. The van der Waals surface area contributed by atoms with Crippen molar-refractivity contribution in [3.63, 3.8) is 0 Å². The summed E-state index contributed by atoms with van der Waals surface area (Å²) in [5.74, 6) is 3.60. The number of hydrogen-bond acceptors (Lipinski definition) is 3. The molecule has 0 N–H and O–H groups in total. The minimum atomic E-state index is 0.811. The number of hydrogen-bond donors (Lipinski definition) is 0. The van der Waals surface area contributed by atoms with Gasteiger partial charge in [-0.05, 0) is 60.8 Å². The van der Waals surface area contributed by atoms with Crippen LogP contribution in [0.15, 0.2) is 48.9 Å². The van der Waals surface area contributed by atoms with Crippen molar-refractivity contribution in [2.24, 2.45) is 17.8 Å². The normalized spacial score (nSPS) is 27.8. The van der Waals surface area contributed by atoms with E-state index in [1.54, 1.807) is 0 Å². The van der Waals surface area contributed by atoms with Crippen molar-refractivity contribution in [3.8, 4) is 0 Å². The third kappa shape index (κ3) is 2.53. The van der Waals surface area contributed by atoms with E-state index in [1.807, 2.05) is 24.7 Å². The first kappa shape index (κ1) is 12.8. The van der Waals surface area contributed by atoms with E-state index in [9.17, 15) is 0 Å². The lowest BCUT2D eigenvalue weighted by molar-refractivity contribution is 0.268. The van der Waals surface area contributed by atoms with E-state index in [0.717, 1.165) is 23.6 Å². The number of nitrogens with zero attached hydrogens (tertiary/aromatic N) is 3. The van der Waals surface area contributed by atoms with Crippen LogP contribution in [0.25, 0.3) is 0 Å². The molecule has 3 heterocycles. The Kier molecular flexibility index (Phi) is 3.34. The minimum Gasteiger partial charge on any atom is -0.356 e. The first-order valence-corrected chi connectivity index (χ1v) is 7.95. The molecule has 1 saturated carbocycles. The highest BCUT2D eigenvalue weighted by Crippen LogP contribution is 2.44. The van der Waals surface area contributed by atoms with Crippen LogP contribution in [0.4, 0.5) is 5.82 Å².